The van der Waals surface area contributed by atoms with Gasteiger partial charge in [0.05, 0.1) is 12.0 Å². The molecule has 1 heteroatoms. The first-order chi connectivity index (χ1) is 6.74. The predicted molar refractivity (Wildman–Crippen MR) is 59.6 cm³/mol. The van der Waals surface area contributed by atoms with Crippen molar-refractivity contribution in [3.63, 3.8) is 0 Å². The van der Waals surface area contributed by atoms with Crippen molar-refractivity contribution in [2.75, 3.05) is 0 Å². The zero-order valence-electron chi connectivity index (χ0n) is 9.16. The Balaban J connectivity index is 2.42. The largest absolute Gasteiger partial charge is 0.198 e. The molecule has 1 aliphatic carbocycles. The summed E-state index contributed by atoms with van der Waals surface area (Å²) in [5.74, 6) is 0.745. The van der Waals surface area contributed by atoms with Gasteiger partial charge in [0, 0.05) is 0 Å². The van der Waals surface area contributed by atoms with Crippen molar-refractivity contribution in [2.45, 2.75) is 39.5 Å². The smallest absolute Gasteiger partial charge is 0.0662 e. The fourth-order valence-corrected chi connectivity index (χ4v) is 1.92. The molecular formula is C13H19N. The van der Waals surface area contributed by atoms with Crippen LogP contribution in [0, 0.1) is 23.2 Å². The summed E-state index contributed by atoms with van der Waals surface area (Å²) in [6, 6.07) is 2.42. The van der Waals surface area contributed by atoms with Gasteiger partial charge in [0.2, 0.25) is 0 Å². The Morgan fingerprint density at radius 1 is 1.57 bits per heavy atom. The van der Waals surface area contributed by atoms with E-state index >= 15 is 0 Å². The van der Waals surface area contributed by atoms with Gasteiger partial charge in [-0.05, 0) is 45.4 Å². The molecule has 1 nitrogen and oxygen atoms in total. The van der Waals surface area contributed by atoms with E-state index < -0.39 is 0 Å². The van der Waals surface area contributed by atoms with Gasteiger partial charge < -0.3 is 0 Å². The Kier molecular flexibility index (Phi) is 4.46. The molecule has 0 saturated heterocycles. The van der Waals surface area contributed by atoms with E-state index in [1.165, 1.54) is 5.57 Å². The van der Waals surface area contributed by atoms with Crippen LogP contribution in [0.2, 0.25) is 0 Å². The van der Waals surface area contributed by atoms with Gasteiger partial charge in [-0.3, -0.25) is 0 Å². The van der Waals surface area contributed by atoms with Crippen LogP contribution in [0.25, 0.3) is 0 Å². The van der Waals surface area contributed by atoms with Crippen LogP contribution in [-0.2, 0) is 0 Å². The second-order valence-corrected chi connectivity index (χ2v) is 4.26. The number of nitrogens with zero attached hydrogens (tertiary/aromatic N) is 1. The van der Waals surface area contributed by atoms with E-state index in [1.54, 1.807) is 0 Å². The molecule has 76 valence electrons. The van der Waals surface area contributed by atoms with Crippen molar-refractivity contribution >= 4 is 0 Å². The van der Waals surface area contributed by atoms with E-state index in [2.05, 4.69) is 38.1 Å². The highest BCUT2D eigenvalue weighted by Gasteiger charge is 2.19. The molecule has 0 heterocycles. The summed E-state index contributed by atoms with van der Waals surface area (Å²) < 4.78 is 0. The first-order valence-electron chi connectivity index (χ1n) is 5.43. The first kappa shape index (κ1) is 11.0. The van der Waals surface area contributed by atoms with Crippen LogP contribution in [0.3, 0.4) is 0 Å². The van der Waals surface area contributed by atoms with Gasteiger partial charge in [-0.15, -0.1) is 0 Å². The highest BCUT2D eigenvalue weighted by Crippen LogP contribution is 2.27. The van der Waals surface area contributed by atoms with Gasteiger partial charge in [-0.25, -0.2) is 0 Å². The van der Waals surface area contributed by atoms with Crippen molar-refractivity contribution in [2.24, 2.45) is 11.8 Å². The summed E-state index contributed by atoms with van der Waals surface area (Å²) in [6.07, 6.45) is 11.1. The van der Waals surface area contributed by atoms with Crippen LogP contribution in [0.15, 0.2) is 23.8 Å². The maximum Gasteiger partial charge on any atom is 0.0662 e. The van der Waals surface area contributed by atoms with Crippen molar-refractivity contribution < 1.29 is 0 Å². The van der Waals surface area contributed by atoms with Crippen LogP contribution < -0.4 is 0 Å². The number of allylic oxidation sites excluding steroid dienone is 4. The molecule has 0 aromatic rings. The average molecular weight is 189 g/mol. The Labute approximate surface area is 87.1 Å². The van der Waals surface area contributed by atoms with Crippen molar-refractivity contribution in [1.82, 2.24) is 0 Å². The van der Waals surface area contributed by atoms with Crippen LogP contribution >= 0.6 is 0 Å². The molecule has 0 fully saturated rings. The number of hydrogen-bond donors (Lipinski definition) is 0. The fraction of sp³-hybridized carbons (Fsp3) is 0.615. The Morgan fingerprint density at radius 3 is 3.00 bits per heavy atom. The molecule has 0 bridgehead atoms. The second kappa shape index (κ2) is 5.65. The fourth-order valence-electron chi connectivity index (χ4n) is 1.92. The van der Waals surface area contributed by atoms with Gasteiger partial charge in [-0.1, -0.05) is 23.8 Å². The zero-order valence-corrected chi connectivity index (χ0v) is 9.16. The Morgan fingerprint density at radius 2 is 2.36 bits per heavy atom. The van der Waals surface area contributed by atoms with Gasteiger partial charge in [-0.2, -0.15) is 5.26 Å². The second-order valence-electron chi connectivity index (χ2n) is 4.26. The van der Waals surface area contributed by atoms with Gasteiger partial charge in [0.15, 0.2) is 0 Å². The maximum absolute atomic E-state index is 8.97. The van der Waals surface area contributed by atoms with Crippen LogP contribution in [-0.4, -0.2) is 0 Å². The SMILES string of the molecule is CC(C)=CCCC1C=CCCC1C#N. The third-order valence-electron chi connectivity index (χ3n) is 2.76. The van der Waals surface area contributed by atoms with E-state index in [0.29, 0.717) is 5.92 Å². The predicted octanol–water partition coefficient (Wildman–Crippen LogP) is 3.84. The lowest BCUT2D eigenvalue weighted by atomic mass is 9.82. The number of rotatable bonds is 3. The van der Waals surface area contributed by atoms with E-state index in [4.69, 9.17) is 5.26 Å². The third kappa shape index (κ3) is 3.38. The van der Waals surface area contributed by atoms with Crippen LogP contribution in [0.1, 0.15) is 39.5 Å². The van der Waals surface area contributed by atoms with Crippen molar-refractivity contribution in [3.05, 3.63) is 23.8 Å². The van der Waals surface area contributed by atoms with Crippen molar-refractivity contribution in [1.29, 1.82) is 5.26 Å². The molecule has 0 aromatic heterocycles. The summed E-state index contributed by atoms with van der Waals surface area (Å²) >= 11 is 0. The first-order valence-corrected chi connectivity index (χ1v) is 5.43. The molecule has 0 amide bonds. The maximum atomic E-state index is 8.97. The van der Waals surface area contributed by atoms with Gasteiger partial charge >= 0.3 is 0 Å². The number of nitriles is 1. The summed E-state index contributed by atoms with van der Waals surface area (Å²) in [7, 11) is 0. The molecule has 0 aliphatic heterocycles. The molecule has 0 N–H and O–H groups in total. The minimum absolute atomic E-state index is 0.255. The van der Waals surface area contributed by atoms with E-state index in [0.717, 1.165) is 25.7 Å². The molecular weight excluding hydrogens is 170 g/mol. The molecule has 0 saturated carbocycles. The molecule has 0 aromatic carbocycles. The third-order valence-corrected chi connectivity index (χ3v) is 2.76. The van der Waals surface area contributed by atoms with E-state index in [-0.39, 0.29) is 5.92 Å². The van der Waals surface area contributed by atoms with E-state index in [9.17, 15) is 0 Å². The Hall–Kier alpha value is -1.03. The minimum Gasteiger partial charge on any atom is -0.198 e. The normalized spacial score (nSPS) is 25.5. The molecule has 0 radical (unpaired) electrons. The lowest BCUT2D eigenvalue weighted by Gasteiger charge is -2.21. The molecule has 14 heavy (non-hydrogen) atoms. The number of hydrogen-bond acceptors (Lipinski definition) is 1. The molecule has 2 unspecified atom stereocenters. The van der Waals surface area contributed by atoms with E-state index in [1.807, 2.05) is 0 Å². The van der Waals surface area contributed by atoms with Crippen LogP contribution in [0.4, 0.5) is 0 Å². The van der Waals surface area contributed by atoms with Crippen molar-refractivity contribution in [3.8, 4) is 6.07 Å². The Bertz CT molecular complexity index is 263. The zero-order chi connectivity index (χ0) is 10.4. The highest BCUT2D eigenvalue weighted by atomic mass is 14.3. The van der Waals surface area contributed by atoms with Gasteiger partial charge in [0.25, 0.3) is 0 Å². The minimum atomic E-state index is 0.255. The summed E-state index contributed by atoms with van der Waals surface area (Å²) in [5.41, 5.74) is 1.37. The standard InChI is InChI=1S/C13H19N/c1-11(2)6-5-9-12-7-3-4-8-13(12)10-14/h3,6-7,12-13H,4-5,8-9H2,1-2H3. The average Bonchev–Trinajstić information content (AvgIpc) is 2.18. The molecule has 1 aliphatic rings. The lowest BCUT2D eigenvalue weighted by Crippen LogP contribution is -2.13. The summed E-state index contributed by atoms with van der Waals surface area (Å²) in [5, 5.41) is 8.97. The molecule has 0 spiro atoms. The summed E-state index contributed by atoms with van der Waals surface area (Å²) in [6.45, 7) is 4.25. The highest BCUT2D eigenvalue weighted by molar-refractivity contribution is 5.05. The lowest BCUT2D eigenvalue weighted by molar-refractivity contribution is 0.416. The monoisotopic (exact) mass is 189 g/mol. The quantitative estimate of drug-likeness (QED) is 0.619. The van der Waals surface area contributed by atoms with Gasteiger partial charge in [0.1, 0.15) is 0 Å². The molecule has 2 atom stereocenters. The molecule has 1 rings (SSSR count). The summed E-state index contributed by atoms with van der Waals surface area (Å²) in [4.78, 5) is 0. The topological polar surface area (TPSA) is 23.8 Å². The van der Waals surface area contributed by atoms with Crippen LogP contribution in [0.5, 0.6) is 0 Å².